The van der Waals surface area contributed by atoms with Crippen molar-refractivity contribution >= 4 is 28.5 Å². The zero-order chi connectivity index (χ0) is 26.2. The smallest absolute Gasteiger partial charge is 0.329 e. The van der Waals surface area contributed by atoms with E-state index in [1.54, 1.807) is 0 Å². The molecule has 1 aliphatic heterocycles. The Hall–Kier alpha value is -3.66. The summed E-state index contributed by atoms with van der Waals surface area (Å²) in [5.41, 5.74) is 5.63. The molecule has 1 aromatic heterocycles. The minimum absolute atomic E-state index is 0.325. The lowest BCUT2D eigenvalue weighted by molar-refractivity contribution is -0.144. The quantitative estimate of drug-likeness (QED) is 0.262. The summed E-state index contributed by atoms with van der Waals surface area (Å²) in [6, 6.07) is 16.2. The number of esters is 1. The van der Waals surface area contributed by atoms with E-state index in [-0.39, 0.29) is 0 Å². The molecule has 0 bridgehead atoms. The maximum absolute atomic E-state index is 13.0. The molecule has 194 valence electrons. The van der Waals surface area contributed by atoms with Crippen molar-refractivity contribution in [2.75, 3.05) is 42.6 Å². The van der Waals surface area contributed by atoms with Gasteiger partial charge in [0.1, 0.15) is 5.69 Å². The largest absolute Gasteiger partial charge is 0.464 e. The first kappa shape index (κ1) is 26.4. The summed E-state index contributed by atoms with van der Waals surface area (Å²) in [5.74, 6) is -1.05. The molecule has 2 heterocycles. The number of hydrogen-bond donors (Lipinski definition) is 0. The molecule has 4 rings (SSSR count). The van der Waals surface area contributed by atoms with Gasteiger partial charge in [0.15, 0.2) is 11.7 Å². The molecule has 7 heteroatoms. The number of unbranched alkanes of at least 4 members (excludes halogenated alkanes) is 4. The van der Waals surface area contributed by atoms with Gasteiger partial charge in [0.25, 0.3) is 0 Å². The van der Waals surface area contributed by atoms with Crippen LogP contribution in [0.5, 0.6) is 0 Å². The van der Waals surface area contributed by atoms with Crippen LogP contribution in [0, 0.1) is 25.2 Å². The summed E-state index contributed by atoms with van der Waals surface area (Å²) in [6.45, 7) is 9.87. The van der Waals surface area contributed by atoms with Gasteiger partial charge < -0.3 is 14.5 Å². The number of piperazine rings is 1. The molecular formula is C30H37N5O2. The van der Waals surface area contributed by atoms with Crippen molar-refractivity contribution in [3.05, 3.63) is 59.3 Å². The minimum Gasteiger partial charge on any atom is -0.464 e. The van der Waals surface area contributed by atoms with E-state index in [9.17, 15) is 10.1 Å². The number of anilines is 2. The number of aryl methyl sites for hydroxylation is 1. The van der Waals surface area contributed by atoms with Crippen molar-refractivity contribution in [2.45, 2.75) is 58.8 Å². The lowest BCUT2D eigenvalue weighted by Crippen LogP contribution is -2.47. The van der Waals surface area contributed by atoms with Crippen LogP contribution < -0.4 is 9.80 Å². The van der Waals surface area contributed by atoms with Gasteiger partial charge in [0.2, 0.25) is 0 Å². The number of para-hydroxylation sites is 2. The molecule has 0 amide bonds. The number of nitriles is 1. The number of ether oxygens (including phenoxy) is 1. The monoisotopic (exact) mass is 499 g/mol. The molecular weight excluding hydrogens is 462 g/mol. The minimum atomic E-state index is -1.11. The Morgan fingerprint density at radius 2 is 1.62 bits per heavy atom. The number of benzene rings is 2. The Balaban J connectivity index is 1.54. The number of nitrogens with zero attached hydrogens (tertiary/aromatic N) is 5. The van der Waals surface area contributed by atoms with Crippen LogP contribution in [-0.2, 0) is 9.53 Å². The van der Waals surface area contributed by atoms with E-state index in [4.69, 9.17) is 14.7 Å². The lowest BCUT2D eigenvalue weighted by Gasteiger charge is -2.38. The van der Waals surface area contributed by atoms with Gasteiger partial charge in [0.05, 0.1) is 23.7 Å². The van der Waals surface area contributed by atoms with Crippen molar-refractivity contribution in [3.63, 3.8) is 0 Å². The van der Waals surface area contributed by atoms with Gasteiger partial charge in [-0.15, -0.1) is 0 Å². The highest BCUT2D eigenvalue weighted by Crippen LogP contribution is 2.30. The molecule has 0 unspecified atom stereocenters. The predicted molar refractivity (Wildman–Crippen MR) is 148 cm³/mol. The first-order valence-corrected chi connectivity index (χ1v) is 13.4. The Kier molecular flexibility index (Phi) is 8.95. The number of carbonyl (C=O) groups excluding carboxylic acids is 1. The summed E-state index contributed by atoms with van der Waals surface area (Å²) in [4.78, 5) is 27.2. The standard InChI is InChI=1S/C30H37N5O2/c1-4-5-6-7-10-20-37-30(36)24(21-31)28-29(33-26-14-9-8-13-25(26)32-28)35-18-16-34(17-19-35)27-15-11-12-22(2)23(27)3/h8-9,11-15,24H,4-7,10,16-20H2,1-3H3/t24-/m1/s1. The van der Waals surface area contributed by atoms with Crippen molar-refractivity contribution in [1.82, 2.24) is 9.97 Å². The maximum atomic E-state index is 13.0. The van der Waals surface area contributed by atoms with Gasteiger partial charge in [-0.3, -0.25) is 4.79 Å². The summed E-state index contributed by atoms with van der Waals surface area (Å²) in [5, 5.41) is 10.0. The molecule has 0 radical (unpaired) electrons. The Morgan fingerprint density at radius 3 is 2.32 bits per heavy atom. The molecule has 0 saturated carbocycles. The highest BCUT2D eigenvalue weighted by Gasteiger charge is 2.31. The third-order valence-corrected chi connectivity index (χ3v) is 7.20. The number of aromatic nitrogens is 2. The summed E-state index contributed by atoms with van der Waals surface area (Å²) < 4.78 is 5.53. The van der Waals surface area contributed by atoms with Crippen molar-refractivity contribution in [2.24, 2.45) is 0 Å². The van der Waals surface area contributed by atoms with Crippen LogP contribution in [0.15, 0.2) is 42.5 Å². The fourth-order valence-electron chi connectivity index (χ4n) is 4.86. The van der Waals surface area contributed by atoms with Crippen molar-refractivity contribution in [3.8, 4) is 6.07 Å². The van der Waals surface area contributed by atoms with Gasteiger partial charge in [-0.25, -0.2) is 9.97 Å². The normalized spacial score (nSPS) is 14.4. The van der Waals surface area contributed by atoms with Gasteiger partial charge >= 0.3 is 5.97 Å². The van der Waals surface area contributed by atoms with Crippen LogP contribution in [0.2, 0.25) is 0 Å². The first-order chi connectivity index (χ1) is 18.0. The molecule has 3 aromatic rings. The number of carbonyl (C=O) groups is 1. The van der Waals surface area contributed by atoms with E-state index >= 15 is 0 Å². The second kappa shape index (κ2) is 12.5. The molecule has 2 aromatic carbocycles. The van der Waals surface area contributed by atoms with E-state index in [0.717, 1.165) is 51.0 Å². The zero-order valence-electron chi connectivity index (χ0n) is 22.2. The molecule has 1 aliphatic rings. The number of hydrogen-bond acceptors (Lipinski definition) is 7. The molecule has 37 heavy (non-hydrogen) atoms. The number of rotatable bonds is 10. The van der Waals surface area contributed by atoms with Crippen molar-refractivity contribution in [1.29, 1.82) is 5.26 Å². The second-order valence-electron chi connectivity index (χ2n) is 9.76. The molecule has 1 saturated heterocycles. The first-order valence-electron chi connectivity index (χ1n) is 13.4. The van der Waals surface area contributed by atoms with E-state index in [1.807, 2.05) is 24.3 Å². The Bertz CT molecular complexity index is 1260. The van der Waals surface area contributed by atoms with Crippen LogP contribution >= 0.6 is 0 Å². The zero-order valence-corrected chi connectivity index (χ0v) is 22.2. The highest BCUT2D eigenvalue weighted by atomic mass is 16.5. The molecule has 1 atom stereocenters. The average Bonchev–Trinajstić information content (AvgIpc) is 2.92. The van der Waals surface area contributed by atoms with E-state index in [2.05, 4.69) is 54.8 Å². The molecule has 7 nitrogen and oxygen atoms in total. The van der Waals surface area contributed by atoms with Crippen molar-refractivity contribution < 1.29 is 9.53 Å². The SMILES string of the molecule is CCCCCCCOC(=O)[C@H](C#N)c1nc2ccccc2nc1N1CCN(c2cccc(C)c2C)CC1. The van der Waals surface area contributed by atoms with Crippen LogP contribution in [0.1, 0.15) is 61.8 Å². The highest BCUT2D eigenvalue weighted by molar-refractivity contribution is 5.85. The van der Waals surface area contributed by atoms with Crippen LogP contribution in [0.3, 0.4) is 0 Å². The molecule has 0 N–H and O–H groups in total. The fourth-order valence-corrected chi connectivity index (χ4v) is 4.86. The predicted octanol–water partition coefficient (Wildman–Crippen LogP) is 5.69. The van der Waals surface area contributed by atoms with E-state index in [0.29, 0.717) is 23.6 Å². The molecule has 0 aliphatic carbocycles. The maximum Gasteiger partial charge on any atom is 0.329 e. The topological polar surface area (TPSA) is 82.3 Å². The van der Waals surface area contributed by atoms with Crippen LogP contribution in [0.25, 0.3) is 11.0 Å². The Labute approximate surface area is 220 Å². The molecule has 0 spiro atoms. The van der Waals surface area contributed by atoms with Crippen LogP contribution in [-0.4, -0.2) is 48.7 Å². The second-order valence-corrected chi connectivity index (χ2v) is 9.76. The number of fused-ring (bicyclic) bond motifs is 1. The Morgan fingerprint density at radius 1 is 0.946 bits per heavy atom. The van der Waals surface area contributed by atoms with E-state index in [1.165, 1.54) is 29.7 Å². The van der Waals surface area contributed by atoms with Gasteiger partial charge in [-0.2, -0.15) is 5.26 Å². The van der Waals surface area contributed by atoms with Gasteiger partial charge in [0, 0.05) is 31.9 Å². The summed E-state index contributed by atoms with van der Waals surface area (Å²) >= 11 is 0. The lowest BCUT2D eigenvalue weighted by atomic mass is 10.0. The van der Waals surface area contributed by atoms with E-state index < -0.39 is 11.9 Å². The summed E-state index contributed by atoms with van der Waals surface area (Å²) in [7, 11) is 0. The summed E-state index contributed by atoms with van der Waals surface area (Å²) in [6.07, 6.45) is 5.30. The third kappa shape index (κ3) is 6.19. The third-order valence-electron chi connectivity index (χ3n) is 7.20. The van der Waals surface area contributed by atoms with Gasteiger partial charge in [-0.1, -0.05) is 56.9 Å². The fraction of sp³-hybridized carbons (Fsp3) is 0.467. The van der Waals surface area contributed by atoms with Crippen LogP contribution in [0.4, 0.5) is 11.5 Å². The van der Waals surface area contributed by atoms with Gasteiger partial charge in [-0.05, 0) is 49.6 Å². The average molecular weight is 500 g/mol. The molecule has 1 fully saturated rings.